The molecule has 0 radical (unpaired) electrons. The third-order valence-corrected chi connectivity index (χ3v) is 2.06. The van der Waals surface area contributed by atoms with Crippen LogP contribution in [0.1, 0.15) is 18.9 Å². The van der Waals surface area contributed by atoms with Crippen molar-refractivity contribution >= 4 is 5.71 Å². The molecule has 0 aromatic heterocycles. The summed E-state index contributed by atoms with van der Waals surface area (Å²) in [5, 5.41) is 30.7. The highest BCUT2D eigenvalue weighted by atomic mass is 16.4. The quantitative estimate of drug-likeness (QED) is 0.393. The van der Waals surface area contributed by atoms with Gasteiger partial charge in [-0.3, -0.25) is 0 Å². The lowest BCUT2D eigenvalue weighted by Crippen LogP contribution is -2.25. The smallest absolute Gasteiger partial charge is 0.115 e. The van der Waals surface area contributed by atoms with Crippen LogP contribution < -0.4 is 0 Å². The van der Waals surface area contributed by atoms with Crippen molar-refractivity contribution in [2.75, 3.05) is 0 Å². The van der Waals surface area contributed by atoms with E-state index < -0.39 is 12.2 Å². The van der Waals surface area contributed by atoms with Crippen LogP contribution in [-0.4, -0.2) is 33.3 Å². The van der Waals surface area contributed by atoms with E-state index in [0.717, 1.165) is 0 Å². The van der Waals surface area contributed by atoms with E-state index in [9.17, 15) is 5.11 Å². The van der Waals surface area contributed by atoms with Gasteiger partial charge < -0.3 is 15.4 Å². The predicted molar refractivity (Wildman–Crippen MR) is 57.1 cm³/mol. The fourth-order valence-corrected chi connectivity index (χ4v) is 1.36. The van der Waals surface area contributed by atoms with Crippen LogP contribution >= 0.6 is 0 Å². The van der Waals surface area contributed by atoms with Gasteiger partial charge in [0.15, 0.2) is 0 Å². The Bertz CT molecular complexity index is 322. The second-order valence-electron chi connectivity index (χ2n) is 3.45. The molecule has 0 aliphatic heterocycles. The fourth-order valence-electron chi connectivity index (χ4n) is 1.36. The van der Waals surface area contributed by atoms with Crippen molar-refractivity contribution in [2.24, 2.45) is 5.16 Å². The Morgan fingerprint density at radius 1 is 1.27 bits per heavy atom. The first kappa shape index (κ1) is 11.7. The summed E-state index contributed by atoms with van der Waals surface area (Å²) < 4.78 is 0. The van der Waals surface area contributed by atoms with E-state index in [4.69, 9.17) is 10.3 Å². The summed E-state index contributed by atoms with van der Waals surface area (Å²) in [5.74, 6) is 0. The van der Waals surface area contributed by atoms with Crippen molar-refractivity contribution in [3.8, 4) is 0 Å². The monoisotopic (exact) mass is 209 g/mol. The Balaban J connectivity index is 2.82. The van der Waals surface area contributed by atoms with Gasteiger partial charge in [0, 0.05) is 12.0 Å². The minimum Gasteiger partial charge on any atom is -0.411 e. The summed E-state index contributed by atoms with van der Waals surface area (Å²) in [5.41, 5.74) is 0.824. The lowest BCUT2D eigenvalue weighted by molar-refractivity contribution is 0.123. The third-order valence-electron chi connectivity index (χ3n) is 2.06. The molecule has 0 bridgehead atoms. The minimum atomic E-state index is -0.961. The second-order valence-corrected chi connectivity index (χ2v) is 3.45. The topological polar surface area (TPSA) is 73.0 Å². The molecule has 15 heavy (non-hydrogen) atoms. The van der Waals surface area contributed by atoms with Crippen molar-refractivity contribution < 1.29 is 15.4 Å². The van der Waals surface area contributed by atoms with E-state index >= 15 is 0 Å². The molecule has 0 saturated heterocycles. The van der Waals surface area contributed by atoms with Crippen LogP contribution in [0.15, 0.2) is 35.5 Å². The number of rotatable bonds is 4. The van der Waals surface area contributed by atoms with Gasteiger partial charge >= 0.3 is 0 Å². The molecule has 1 rings (SSSR count). The van der Waals surface area contributed by atoms with Gasteiger partial charge in [0.1, 0.15) is 11.8 Å². The van der Waals surface area contributed by atoms with Gasteiger partial charge in [0.05, 0.1) is 6.10 Å². The van der Waals surface area contributed by atoms with Gasteiger partial charge in [-0.05, 0) is 6.92 Å². The standard InChI is InChI=1S/C11H15NO3/c1-8(13)7-10(14)11(12-15)9-5-3-2-4-6-9/h2-6,8,10,13-15H,7H2,1H3. The molecular formula is C11H15NO3. The van der Waals surface area contributed by atoms with E-state index in [1.165, 1.54) is 0 Å². The summed E-state index contributed by atoms with van der Waals surface area (Å²) >= 11 is 0. The number of hydrogen-bond donors (Lipinski definition) is 3. The molecule has 2 atom stereocenters. The van der Waals surface area contributed by atoms with Crippen LogP contribution in [0, 0.1) is 0 Å². The van der Waals surface area contributed by atoms with Crippen molar-refractivity contribution in [3.63, 3.8) is 0 Å². The lowest BCUT2D eigenvalue weighted by Gasteiger charge is -2.13. The van der Waals surface area contributed by atoms with Gasteiger partial charge in [-0.1, -0.05) is 35.5 Å². The number of aliphatic hydroxyl groups excluding tert-OH is 2. The number of oxime groups is 1. The Labute approximate surface area is 88.5 Å². The molecule has 4 nitrogen and oxygen atoms in total. The maximum Gasteiger partial charge on any atom is 0.115 e. The molecule has 1 aromatic rings. The Morgan fingerprint density at radius 2 is 1.87 bits per heavy atom. The molecule has 82 valence electrons. The van der Waals surface area contributed by atoms with Crippen LogP contribution in [0.5, 0.6) is 0 Å². The van der Waals surface area contributed by atoms with E-state index in [1.807, 2.05) is 6.07 Å². The lowest BCUT2D eigenvalue weighted by atomic mass is 10.0. The Kier molecular flexibility index (Phi) is 4.27. The van der Waals surface area contributed by atoms with E-state index in [2.05, 4.69) is 5.16 Å². The molecule has 4 heteroatoms. The van der Waals surface area contributed by atoms with Crippen LogP contribution in [0.25, 0.3) is 0 Å². The van der Waals surface area contributed by atoms with Crippen molar-refractivity contribution in [3.05, 3.63) is 35.9 Å². The highest BCUT2D eigenvalue weighted by Crippen LogP contribution is 2.09. The highest BCUT2D eigenvalue weighted by molar-refractivity contribution is 6.03. The van der Waals surface area contributed by atoms with Crippen molar-refractivity contribution in [2.45, 2.75) is 25.6 Å². The number of nitrogens with zero attached hydrogens (tertiary/aromatic N) is 1. The molecule has 0 heterocycles. The van der Waals surface area contributed by atoms with E-state index in [-0.39, 0.29) is 12.1 Å². The zero-order chi connectivity index (χ0) is 11.3. The van der Waals surface area contributed by atoms with Crippen LogP contribution in [0.2, 0.25) is 0 Å². The molecule has 3 N–H and O–H groups in total. The van der Waals surface area contributed by atoms with Gasteiger partial charge in [-0.25, -0.2) is 0 Å². The molecule has 0 amide bonds. The zero-order valence-corrected chi connectivity index (χ0v) is 8.54. The molecule has 0 aliphatic carbocycles. The maximum atomic E-state index is 9.68. The summed E-state index contributed by atoms with van der Waals surface area (Å²) in [6, 6.07) is 8.88. The normalized spacial score (nSPS) is 16.1. The van der Waals surface area contributed by atoms with Gasteiger partial charge in [0.25, 0.3) is 0 Å². The number of aliphatic hydroxyl groups is 2. The molecular weight excluding hydrogens is 194 g/mol. The molecule has 0 fully saturated rings. The molecule has 2 unspecified atom stereocenters. The molecule has 0 saturated carbocycles. The van der Waals surface area contributed by atoms with Gasteiger partial charge in [0.2, 0.25) is 0 Å². The number of hydrogen-bond acceptors (Lipinski definition) is 4. The van der Waals surface area contributed by atoms with Crippen LogP contribution in [-0.2, 0) is 0 Å². The van der Waals surface area contributed by atoms with Gasteiger partial charge in [-0.2, -0.15) is 0 Å². The Hall–Kier alpha value is -1.39. The first-order valence-electron chi connectivity index (χ1n) is 4.78. The maximum absolute atomic E-state index is 9.68. The Morgan fingerprint density at radius 3 is 2.33 bits per heavy atom. The third kappa shape index (κ3) is 3.34. The molecule has 0 aliphatic rings. The second kappa shape index (κ2) is 5.48. The first-order chi connectivity index (χ1) is 7.15. The predicted octanol–water partition coefficient (Wildman–Crippen LogP) is 0.997. The largest absolute Gasteiger partial charge is 0.411 e. The highest BCUT2D eigenvalue weighted by Gasteiger charge is 2.17. The molecule has 0 spiro atoms. The van der Waals surface area contributed by atoms with Crippen molar-refractivity contribution in [1.29, 1.82) is 0 Å². The molecule has 1 aromatic carbocycles. The fraction of sp³-hybridized carbons (Fsp3) is 0.364. The summed E-state index contributed by atoms with van der Waals surface area (Å²) in [7, 11) is 0. The van der Waals surface area contributed by atoms with E-state index in [1.54, 1.807) is 31.2 Å². The first-order valence-corrected chi connectivity index (χ1v) is 4.78. The minimum absolute atomic E-state index is 0.147. The number of benzene rings is 1. The van der Waals surface area contributed by atoms with Crippen LogP contribution in [0.4, 0.5) is 0 Å². The summed E-state index contributed by atoms with van der Waals surface area (Å²) in [6.07, 6.45) is -1.45. The SMILES string of the molecule is CC(O)CC(O)C(=NO)c1ccccc1. The summed E-state index contributed by atoms with van der Waals surface area (Å²) in [4.78, 5) is 0. The van der Waals surface area contributed by atoms with Gasteiger partial charge in [-0.15, -0.1) is 0 Å². The van der Waals surface area contributed by atoms with E-state index in [0.29, 0.717) is 5.56 Å². The average molecular weight is 209 g/mol. The van der Waals surface area contributed by atoms with Crippen LogP contribution in [0.3, 0.4) is 0 Å². The zero-order valence-electron chi connectivity index (χ0n) is 8.54. The van der Waals surface area contributed by atoms with Crippen molar-refractivity contribution in [1.82, 2.24) is 0 Å². The summed E-state index contributed by atoms with van der Waals surface area (Å²) in [6.45, 7) is 1.57. The average Bonchev–Trinajstić information content (AvgIpc) is 2.19.